The summed E-state index contributed by atoms with van der Waals surface area (Å²) in [7, 11) is 0. The molecule has 7 nitrogen and oxygen atoms in total. The maximum atomic E-state index is 5.39. The molecule has 2 heterocycles. The zero-order valence-corrected chi connectivity index (χ0v) is 12.0. The van der Waals surface area contributed by atoms with E-state index in [1.807, 2.05) is 0 Å². The monoisotopic (exact) mass is 277 g/mol. The van der Waals surface area contributed by atoms with Crippen LogP contribution in [0.25, 0.3) is 0 Å². The molecule has 1 N–H and O–H groups in total. The lowest BCUT2D eigenvalue weighted by molar-refractivity contribution is 0.273. The molecule has 0 aromatic carbocycles. The summed E-state index contributed by atoms with van der Waals surface area (Å²) in [4.78, 5) is 8.68. The Hall–Kier alpha value is -1.76. The summed E-state index contributed by atoms with van der Waals surface area (Å²) in [6.07, 6.45) is 2.33. The summed E-state index contributed by atoms with van der Waals surface area (Å²) < 4.78 is 10.5. The summed E-state index contributed by atoms with van der Waals surface area (Å²) in [5.41, 5.74) is 0. The molecule has 3 rings (SSSR count). The van der Waals surface area contributed by atoms with Gasteiger partial charge in [0.05, 0.1) is 12.6 Å². The van der Waals surface area contributed by atoms with Crippen molar-refractivity contribution < 1.29 is 9.05 Å². The average Bonchev–Trinajstić information content (AvgIpc) is 3.00. The van der Waals surface area contributed by atoms with Crippen LogP contribution in [-0.4, -0.2) is 20.3 Å². The van der Waals surface area contributed by atoms with Gasteiger partial charge in [0, 0.05) is 5.92 Å². The van der Waals surface area contributed by atoms with Gasteiger partial charge in [-0.3, -0.25) is 5.32 Å². The van der Waals surface area contributed by atoms with Gasteiger partial charge in [0.15, 0.2) is 11.6 Å². The summed E-state index contributed by atoms with van der Waals surface area (Å²) in [5.74, 6) is 3.50. The van der Waals surface area contributed by atoms with Crippen molar-refractivity contribution >= 4 is 0 Å². The minimum absolute atomic E-state index is 0.0118. The number of nitrogens with zero attached hydrogens (tertiary/aromatic N) is 4. The number of rotatable bonds is 6. The van der Waals surface area contributed by atoms with Gasteiger partial charge in [0.1, 0.15) is 0 Å². The zero-order chi connectivity index (χ0) is 14.1. The van der Waals surface area contributed by atoms with Gasteiger partial charge in [-0.05, 0) is 25.7 Å². The van der Waals surface area contributed by atoms with E-state index in [0.29, 0.717) is 36.0 Å². The molecule has 0 aliphatic heterocycles. The first-order valence-corrected chi connectivity index (χ1v) is 6.99. The summed E-state index contributed by atoms with van der Waals surface area (Å²) in [5, 5.41) is 11.2. The molecule has 1 unspecified atom stereocenters. The Balaban J connectivity index is 1.67. The lowest BCUT2D eigenvalue weighted by Crippen LogP contribution is -2.26. The molecule has 0 spiro atoms. The maximum absolute atomic E-state index is 5.39. The van der Waals surface area contributed by atoms with Gasteiger partial charge < -0.3 is 9.05 Å². The number of hydrogen-bond acceptors (Lipinski definition) is 7. The first-order valence-electron chi connectivity index (χ1n) is 6.99. The molecule has 1 saturated carbocycles. The van der Waals surface area contributed by atoms with Gasteiger partial charge in [-0.25, -0.2) is 0 Å². The standard InChI is InChI=1S/C13H19N5O2/c1-7(2)11(14-6-10-15-8(3)17-19-10)13-16-12(18-20-13)9-4-5-9/h7,9,11,14H,4-6H2,1-3H3. The molecular weight excluding hydrogens is 258 g/mol. The van der Waals surface area contributed by atoms with Crippen molar-refractivity contribution in [3.63, 3.8) is 0 Å². The van der Waals surface area contributed by atoms with Crippen molar-refractivity contribution in [2.45, 2.75) is 52.1 Å². The molecule has 7 heteroatoms. The highest BCUT2D eigenvalue weighted by atomic mass is 16.5. The second-order valence-electron chi connectivity index (χ2n) is 5.60. The van der Waals surface area contributed by atoms with Crippen LogP contribution in [0, 0.1) is 12.8 Å². The number of hydrogen-bond donors (Lipinski definition) is 1. The Labute approximate surface area is 117 Å². The third-order valence-electron chi connectivity index (χ3n) is 3.38. The average molecular weight is 277 g/mol. The van der Waals surface area contributed by atoms with Crippen molar-refractivity contribution in [2.24, 2.45) is 5.92 Å². The fraction of sp³-hybridized carbons (Fsp3) is 0.692. The zero-order valence-electron chi connectivity index (χ0n) is 12.0. The van der Waals surface area contributed by atoms with E-state index in [9.17, 15) is 0 Å². The minimum Gasteiger partial charge on any atom is -0.338 e. The highest BCUT2D eigenvalue weighted by Gasteiger charge is 2.31. The SMILES string of the molecule is Cc1noc(CNC(c2nc(C3CC3)no2)C(C)C)n1. The molecule has 2 aromatic rings. The molecule has 2 aromatic heterocycles. The van der Waals surface area contributed by atoms with Gasteiger partial charge in [0.2, 0.25) is 11.8 Å². The van der Waals surface area contributed by atoms with Gasteiger partial charge in [-0.15, -0.1) is 0 Å². The van der Waals surface area contributed by atoms with Crippen molar-refractivity contribution in [1.82, 2.24) is 25.6 Å². The molecule has 1 aliphatic carbocycles. The fourth-order valence-corrected chi connectivity index (χ4v) is 2.10. The maximum Gasteiger partial charge on any atom is 0.244 e. The van der Waals surface area contributed by atoms with E-state index in [1.54, 1.807) is 6.92 Å². The predicted molar refractivity (Wildman–Crippen MR) is 69.7 cm³/mol. The van der Waals surface area contributed by atoms with Crippen LogP contribution < -0.4 is 5.32 Å². The van der Waals surface area contributed by atoms with Crippen molar-refractivity contribution in [2.75, 3.05) is 0 Å². The molecule has 0 bridgehead atoms. The summed E-state index contributed by atoms with van der Waals surface area (Å²) in [6.45, 7) is 6.51. The van der Waals surface area contributed by atoms with E-state index in [0.717, 1.165) is 5.82 Å². The quantitative estimate of drug-likeness (QED) is 0.864. The lowest BCUT2D eigenvalue weighted by Gasteiger charge is -2.17. The Bertz CT molecular complexity index is 573. The highest BCUT2D eigenvalue weighted by Crippen LogP contribution is 2.38. The van der Waals surface area contributed by atoms with Gasteiger partial charge in [-0.1, -0.05) is 24.2 Å². The molecule has 108 valence electrons. The number of aryl methyl sites for hydroxylation is 1. The number of nitrogens with one attached hydrogen (secondary N) is 1. The first-order chi connectivity index (χ1) is 9.63. The second-order valence-corrected chi connectivity index (χ2v) is 5.60. The molecule has 1 atom stereocenters. The third-order valence-corrected chi connectivity index (χ3v) is 3.38. The number of aromatic nitrogens is 4. The topological polar surface area (TPSA) is 89.9 Å². The molecular formula is C13H19N5O2. The van der Waals surface area contributed by atoms with Gasteiger partial charge >= 0.3 is 0 Å². The molecule has 1 aliphatic rings. The van der Waals surface area contributed by atoms with Crippen LogP contribution in [0.2, 0.25) is 0 Å². The first kappa shape index (κ1) is 13.2. The lowest BCUT2D eigenvalue weighted by atomic mass is 10.0. The summed E-state index contributed by atoms with van der Waals surface area (Å²) >= 11 is 0. The smallest absolute Gasteiger partial charge is 0.244 e. The second kappa shape index (κ2) is 5.32. The fourth-order valence-electron chi connectivity index (χ4n) is 2.10. The Morgan fingerprint density at radius 2 is 2.00 bits per heavy atom. The van der Waals surface area contributed by atoms with E-state index in [1.165, 1.54) is 12.8 Å². The molecule has 1 fully saturated rings. The van der Waals surface area contributed by atoms with Crippen molar-refractivity contribution in [3.8, 4) is 0 Å². The van der Waals surface area contributed by atoms with Crippen LogP contribution in [0.3, 0.4) is 0 Å². The molecule has 0 saturated heterocycles. The third kappa shape index (κ3) is 2.87. The molecule has 0 radical (unpaired) electrons. The molecule has 0 amide bonds. The van der Waals surface area contributed by atoms with Crippen molar-refractivity contribution in [3.05, 3.63) is 23.4 Å². The van der Waals surface area contributed by atoms with E-state index < -0.39 is 0 Å². The highest BCUT2D eigenvalue weighted by molar-refractivity contribution is 5.05. The normalized spacial score (nSPS) is 16.8. The van der Waals surface area contributed by atoms with Crippen molar-refractivity contribution in [1.29, 1.82) is 0 Å². The van der Waals surface area contributed by atoms with Crippen LogP contribution in [-0.2, 0) is 6.54 Å². The minimum atomic E-state index is -0.0118. The van der Waals surface area contributed by atoms with E-state index in [2.05, 4.69) is 39.4 Å². The van der Waals surface area contributed by atoms with Crippen LogP contribution in [0.4, 0.5) is 0 Å². The van der Waals surface area contributed by atoms with Gasteiger partial charge in [0.25, 0.3) is 0 Å². The van der Waals surface area contributed by atoms with Crippen LogP contribution in [0.5, 0.6) is 0 Å². The largest absolute Gasteiger partial charge is 0.338 e. The van der Waals surface area contributed by atoms with Crippen LogP contribution in [0.15, 0.2) is 9.05 Å². The van der Waals surface area contributed by atoms with E-state index in [-0.39, 0.29) is 6.04 Å². The summed E-state index contributed by atoms with van der Waals surface area (Å²) in [6, 6.07) is -0.0118. The Morgan fingerprint density at radius 3 is 2.60 bits per heavy atom. The van der Waals surface area contributed by atoms with E-state index in [4.69, 9.17) is 9.05 Å². The van der Waals surface area contributed by atoms with Crippen LogP contribution in [0.1, 0.15) is 62.1 Å². The Kier molecular flexibility index (Phi) is 3.52. The van der Waals surface area contributed by atoms with Crippen LogP contribution >= 0.6 is 0 Å². The van der Waals surface area contributed by atoms with E-state index >= 15 is 0 Å². The van der Waals surface area contributed by atoms with Gasteiger partial charge in [-0.2, -0.15) is 9.97 Å². The predicted octanol–water partition coefficient (Wildman–Crippen LogP) is 2.13. The Morgan fingerprint density at radius 1 is 1.20 bits per heavy atom. The molecule has 20 heavy (non-hydrogen) atoms.